The molecule has 1 amide bonds. The zero-order valence-corrected chi connectivity index (χ0v) is 19.6. The summed E-state index contributed by atoms with van der Waals surface area (Å²) >= 11 is 1.38. The summed E-state index contributed by atoms with van der Waals surface area (Å²) < 4.78 is 10.8. The van der Waals surface area contributed by atoms with Crippen LogP contribution in [0.3, 0.4) is 0 Å². The van der Waals surface area contributed by atoms with Crippen LogP contribution in [0, 0.1) is 20.8 Å². The van der Waals surface area contributed by atoms with Gasteiger partial charge in [-0.3, -0.25) is 4.79 Å². The number of thiophene rings is 1. The van der Waals surface area contributed by atoms with Gasteiger partial charge in [0.25, 0.3) is 5.91 Å². The van der Waals surface area contributed by atoms with Gasteiger partial charge in [-0.05, 0) is 57.7 Å². The van der Waals surface area contributed by atoms with Crippen molar-refractivity contribution < 1.29 is 18.7 Å². The van der Waals surface area contributed by atoms with Crippen LogP contribution in [0.1, 0.15) is 69.4 Å². The van der Waals surface area contributed by atoms with Gasteiger partial charge in [0.1, 0.15) is 22.1 Å². The van der Waals surface area contributed by atoms with E-state index < -0.39 is 5.97 Å². The third-order valence-electron chi connectivity index (χ3n) is 5.14. The molecule has 0 bridgehead atoms. The summed E-state index contributed by atoms with van der Waals surface area (Å²) in [6, 6.07) is 9.99. The van der Waals surface area contributed by atoms with Crippen LogP contribution in [0.5, 0.6) is 0 Å². The average molecular weight is 440 g/mol. The average Bonchev–Trinajstić information content (AvgIpc) is 3.24. The normalized spacial score (nSPS) is 10.9. The van der Waals surface area contributed by atoms with Crippen LogP contribution in [0.2, 0.25) is 0 Å². The number of nitrogens with one attached hydrogen (secondary N) is 1. The maximum absolute atomic E-state index is 12.9. The first-order valence-electron chi connectivity index (χ1n) is 10.6. The number of carbonyl (C=O) groups is 2. The van der Waals surface area contributed by atoms with Gasteiger partial charge in [-0.1, -0.05) is 37.6 Å². The molecule has 0 radical (unpaired) electrons. The summed E-state index contributed by atoms with van der Waals surface area (Å²) in [5.41, 5.74) is 3.88. The van der Waals surface area contributed by atoms with Gasteiger partial charge in [-0.15, -0.1) is 11.3 Å². The molecule has 0 saturated heterocycles. The van der Waals surface area contributed by atoms with Crippen molar-refractivity contribution in [3.8, 4) is 11.1 Å². The highest BCUT2D eigenvalue weighted by molar-refractivity contribution is 7.17. The molecule has 0 atom stereocenters. The SMILES string of the molecule is CCCCc1ccc(-c2c(C)sc(NC(=O)c3cc(C)oc3C)c2C(=O)OCC)cc1. The van der Waals surface area contributed by atoms with E-state index >= 15 is 0 Å². The van der Waals surface area contributed by atoms with Crippen molar-refractivity contribution in [2.24, 2.45) is 0 Å². The maximum Gasteiger partial charge on any atom is 0.341 e. The molecular formula is C25H29NO4S. The fourth-order valence-electron chi connectivity index (χ4n) is 3.62. The third kappa shape index (κ3) is 5.07. The molecule has 0 unspecified atom stereocenters. The number of anilines is 1. The van der Waals surface area contributed by atoms with Gasteiger partial charge in [-0.2, -0.15) is 0 Å². The molecule has 1 N–H and O–H groups in total. The molecule has 6 heteroatoms. The maximum atomic E-state index is 12.9. The van der Waals surface area contributed by atoms with Gasteiger partial charge in [0.05, 0.1) is 12.2 Å². The van der Waals surface area contributed by atoms with Gasteiger partial charge in [0, 0.05) is 10.4 Å². The Labute approximate surface area is 187 Å². The number of rotatable bonds is 8. The van der Waals surface area contributed by atoms with Crippen LogP contribution in [-0.2, 0) is 11.2 Å². The number of furan rings is 1. The second-order valence-corrected chi connectivity index (χ2v) is 8.76. The van der Waals surface area contributed by atoms with E-state index in [9.17, 15) is 9.59 Å². The molecule has 0 aliphatic heterocycles. The van der Waals surface area contributed by atoms with Gasteiger partial charge in [-0.25, -0.2) is 4.79 Å². The lowest BCUT2D eigenvalue weighted by atomic mass is 9.98. The van der Waals surface area contributed by atoms with Crippen molar-refractivity contribution in [1.82, 2.24) is 0 Å². The standard InChI is InChI=1S/C25H29NO4S/c1-6-8-9-18-10-12-19(13-11-18)21-17(5)31-24(22(21)25(28)29-7-2)26-23(27)20-14-15(3)30-16(20)4/h10-14H,6-9H2,1-5H3,(H,26,27). The van der Waals surface area contributed by atoms with Crippen molar-refractivity contribution >= 4 is 28.2 Å². The first kappa shape index (κ1) is 22.8. The van der Waals surface area contributed by atoms with Crippen LogP contribution in [-0.4, -0.2) is 18.5 Å². The smallest absolute Gasteiger partial charge is 0.341 e. The summed E-state index contributed by atoms with van der Waals surface area (Å²) in [5.74, 6) is 0.471. The molecule has 31 heavy (non-hydrogen) atoms. The number of esters is 1. The molecule has 0 aliphatic carbocycles. The van der Waals surface area contributed by atoms with E-state index in [1.807, 2.05) is 19.1 Å². The molecule has 0 aliphatic rings. The highest BCUT2D eigenvalue weighted by Gasteiger charge is 2.26. The number of aryl methyl sites for hydroxylation is 4. The summed E-state index contributed by atoms with van der Waals surface area (Å²) in [6.45, 7) is 9.71. The first-order valence-corrected chi connectivity index (χ1v) is 11.5. The van der Waals surface area contributed by atoms with E-state index in [0.29, 0.717) is 27.6 Å². The molecule has 0 fully saturated rings. The number of unbranched alkanes of at least 4 members (excludes halogenated alkanes) is 1. The Bertz CT molecular complexity index is 1080. The number of carbonyl (C=O) groups excluding carboxylic acids is 2. The molecule has 0 saturated carbocycles. The van der Waals surface area contributed by atoms with Crippen molar-refractivity contribution in [1.29, 1.82) is 0 Å². The third-order valence-corrected chi connectivity index (χ3v) is 6.16. The molecule has 3 rings (SSSR count). The molecule has 3 aromatic rings. The Kier molecular flexibility index (Phi) is 7.33. The lowest BCUT2D eigenvalue weighted by molar-refractivity contribution is 0.0529. The second kappa shape index (κ2) is 9.96. The largest absolute Gasteiger partial charge is 0.466 e. The molecular weight excluding hydrogens is 410 g/mol. The van der Waals surface area contributed by atoms with Crippen LogP contribution >= 0.6 is 11.3 Å². The Hall–Kier alpha value is -2.86. The monoisotopic (exact) mass is 439 g/mol. The van der Waals surface area contributed by atoms with Crippen LogP contribution in [0.4, 0.5) is 5.00 Å². The van der Waals surface area contributed by atoms with Gasteiger partial charge in [0.15, 0.2) is 0 Å². The predicted octanol–water partition coefficient (Wildman–Crippen LogP) is 6.70. The fraction of sp³-hybridized carbons (Fsp3) is 0.360. The number of amides is 1. The van der Waals surface area contributed by atoms with Crippen molar-refractivity contribution in [2.75, 3.05) is 11.9 Å². The summed E-state index contributed by atoms with van der Waals surface area (Å²) in [6.07, 6.45) is 3.33. The van der Waals surface area contributed by atoms with Crippen LogP contribution in [0.15, 0.2) is 34.7 Å². The van der Waals surface area contributed by atoms with Gasteiger partial charge < -0.3 is 14.5 Å². The molecule has 2 heterocycles. The van der Waals surface area contributed by atoms with Crippen LogP contribution < -0.4 is 5.32 Å². The van der Waals surface area contributed by atoms with Crippen LogP contribution in [0.25, 0.3) is 11.1 Å². The zero-order valence-electron chi connectivity index (χ0n) is 18.8. The summed E-state index contributed by atoms with van der Waals surface area (Å²) in [7, 11) is 0. The van der Waals surface area contributed by atoms with E-state index in [4.69, 9.17) is 9.15 Å². The quantitative estimate of drug-likeness (QED) is 0.396. The zero-order chi connectivity index (χ0) is 22.5. The Morgan fingerprint density at radius 1 is 1.10 bits per heavy atom. The number of benzene rings is 1. The highest BCUT2D eigenvalue weighted by Crippen LogP contribution is 2.41. The highest BCUT2D eigenvalue weighted by atomic mass is 32.1. The number of ether oxygens (including phenoxy) is 1. The topological polar surface area (TPSA) is 68.5 Å². The van der Waals surface area contributed by atoms with E-state index in [-0.39, 0.29) is 12.5 Å². The lowest BCUT2D eigenvalue weighted by Gasteiger charge is -2.10. The van der Waals surface area contributed by atoms with Gasteiger partial charge in [0.2, 0.25) is 0 Å². The fourth-order valence-corrected chi connectivity index (χ4v) is 4.68. The van der Waals surface area contributed by atoms with E-state index in [1.54, 1.807) is 26.8 Å². The molecule has 164 valence electrons. The molecule has 2 aromatic heterocycles. The minimum atomic E-state index is -0.438. The Balaban J connectivity index is 2.00. The first-order chi connectivity index (χ1) is 14.8. The van der Waals surface area contributed by atoms with Gasteiger partial charge >= 0.3 is 5.97 Å². The molecule has 5 nitrogen and oxygen atoms in total. The molecule has 0 spiro atoms. The number of hydrogen-bond donors (Lipinski definition) is 1. The summed E-state index contributed by atoms with van der Waals surface area (Å²) in [4.78, 5) is 26.7. The van der Waals surface area contributed by atoms with E-state index in [1.165, 1.54) is 16.9 Å². The van der Waals surface area contributed by atoms with Crippen molar-refractivity contribution in [2.45, 2.75) is 53.9 Å². The minimum Gasteiger partial charge on any atom is -0.466 e. The number of hydrogen-bond acceptors (Lipinski definition) is 5. The Morgan fingerprint density at radius 2 is 1.81 bits per heavy atom. The van der Waals surface area contributed by atoms with E-state index in [0.717, 1.165) is 35.3 Å². The minimum absolute atomic E-state index is 0.260. The summed E-state index contributed by atoms with van der Waals surface area (Å²) in [5, 5.41) is 3.40. The Morgan fingerprint density at radius 3 is 2.39 bits per heavy atom. The van der Waals surface area contributed by atoms with Crippen molar-refractivity contribution in [3.05, 3.63) is 63.4 Å². The lowest BCUT2D eigenvalue weighted by Crippen LogP contribution is -2.15. The molecule has 1 aromatic carbocycles. The second-order valence-electron chi connectivity index (χ2n) is 7.54. The van der Waals surface area contributed by atoms with Crippen molar-refractivity contribution in [3.63, 3.8) is 0 Å². The van der Waals surface area contributed by atoms with E-state index in [2.05, 4.69) is 24.4 Å². The predicted molar refractivity (Wildman–Crippen MR) is 125 cm³/mol.